The summed E-state index contributed by atoms with van der Waals surface area (Å²) in [5, 5.41) is 17.4. The second-order valence-corrected chi connectivity index (χ2v) is 4.88. The number of hydrogen-bond donors (Lipinski definition) is 3. The summed E-state index contributed by atoms with van der Waals surface area (Å²) < 4.78 is 0. The Hall–Kier alpha value is -0.260. The van der Waals surface area contributed by atoms with Gasteiger partial charge in [0.25, 0.3) is 0 Å². The highest BCUT2D eigenvalue weighted by atomic mass is 32.2. The summed E-state index contributed by atoms with van der Waals surface area (Å²) in [6, 6.07) is 0. The summed E-state index contributed by atoms with van der Waals surface area (Å²) in [4.78, 5) is 10.6. The molecule has 13 heavy (non-hydrogen) atoms. The van der Waals surface area contributed by atoms with Gasteiger partial charge in [0.1, 0.15) is 5.54 Å². The predicted molar refractivity (Wildman–Crippen MR) is 53.9 cm³/mol. The molecule has 0 aliphatic carbocycles. The van der Waals surface area contributed by atoms with Crippen molar-refractivity contribution in [1.82, 2.24) is 0 Å². The third kappa shape index (κ3) is 5.13. The van der Waals surface area contributed by atoms with Crippen LogP contribution in [0.5, 0.6) is 0 Å². The monoisotopic (exact) mass is 207 g/mol. The van der Waals surface area contributed by atoms with E-state index in [9.17, 15) is 4.79 Å². The van der Waals surface area contributed by atoms with Crippen molar-refractivity contribution in [3.05, 3.63) is 0 Å². The summed E-state index contributed by atoms with van der Waals surface area (Å²) in [5.41, 5.74) is 4.39. The zero-order chi connectivity index (χ0) is 10.5. The van der Waals surface area contributed by atoms with Crippen LogP contribution in [0.15, 0.2) is 0 Å². The third-order valence-corrected chi connectivity index (χ3v) is 2.85. The number of aliphatic hydroxyl groups is 1. The lowest BCUT2D eigenvalue weighted by Gasteiger charge is -2.22. The molecular weight excluding hydrogens is 190 g/mol. The number of nitrogens with two attached hydrogens (primary N) is 1. The number of carboxylic acid groups (broad SMARTS) is 1. The summed E-state index contributed by atoms with van der Waals surface area (Å²) in [7, 11) is 0. The van der Waals surface area contributed by atoms with Gasteiger partial charge < -0.3 is 15.9 Å². The van der Waals surface area contributed by atoms with Crippen molar-refractivity contribution >= 4 is 17.7 Å². The lowest BCUT2D eigenvalue weighted by atomic mass is 9.98. The molecular formula is C8H17NO3S. The molecule has 0 fully saturated rings. The van der Waals surface area contributed by atoms with E-state index in [0.29, 0.717) is 12.2 Å². The Labute approximate surface area is 82.5 Å². The molecule has 0 aliphatic heterocycles. The maximum Gasteiger partial charge on any atom is 0.323 e. The van der Waals surface area contributed by atoms with Gasteiger partial charge in [-0.05, 0) is 13.3 Å². The van der Waals surface area contributed by atoms with E-state index in [-0.39, 0.29) is 11.9 Å². The second-order valence-electron chi connectivity index (χ2n) is 3.33. The summed E-state index contributed by atoms with van der Waals surface area (Å²) in [5.74, 6) is -0.361. The molecule has 0 spiro atoms. The van der Waals surface area contributed by atoms with Crippen molar-refractivity contribution in [3.63, 3.8) is 0 Å². The molecule has 2 atom stereocenters. The molecule has 0 aromatic rings. The van der Waals surface area contributed by atoms with E-state index >= 15 is 0 Å². The van der Waals surface area contributed by atoms with Gasteiger partial charge in [-0.2, -0.15) is 11.8 Å². The fourth-order valence-electron chi connectivity index (χ4n) is 0.997. The maximum absolute atomic E-state index is 10.6. The predicted octanol–water partition coefficient (Wildman–Crippen LogP) is 0.293. The van der Waals surface area contributed by atoms with E-state index in [0.717, 1.165) is 0 Å². The smallest absolute Gasteiger partial charge is 0.323 e. The summed E-state index contributed by atoms with van der Waals surface area (Å²) >= 11 is 1.53. The first-order valence-electron chi connectivity index (χ1n) is 4.15. The van der Waals surface area contributed by atoms with Gasteiger partial charge in [-0.3, -0.25) is 4.79 Å². The van der Waals surface area contributed by atoms with E-state index in [1.807, 2.05) is 6.92 Å². The van der Waals surface area contributed by atoms with Crippen molar-refractivity contribution in [2.24, 2.45) is 5.73 Å². The molecule has 0 heterocycles. The molecule has 78 valence electrons. The average Bonchev–Trinajstić information content (AvgIpc) is 1.99. The highest BCUT2D eigenvalue weighted by molar-refractivity contribution is 7.99. The van der Waals surface area contributed by atoms with E-state index < -0.39 is 11.5 Å². The van der Waals surface area contributed by atoms with Crippen LogP contribution in [-0.2, 0) is 4.79 Å². The quantitative estimate of drug-likeness (QED) is 0.583. The van der Waals surface area contributed by atoms with Crippen LogP contribution >= 0.6 is 11.8 Å². The first-order chi connectivity index (χ1) is 5.90. The molecule has 5 heteroatoms. The Kier molecular flexibility index (Phi) is 5.36. The Morgan fingerprint density at radius 1 is 1.69 bits per heavy atom. The minimum absolute atomic E-state index is 0.114. The maximum atomic E-state index is 10.6. The summed E-state index contributed by atoms with van der Waals surface area (Å²) in [6.45, 7) is 3.53. The molecule has 0 radical (unpaired) electrons. The Bertz CT molecular complexity index is 173. The zero-order valence-electron chi connectivity index (χ0n) is 7.99. The van der Waals surface area contributed by atoms with Crippen LogP contribution < -0.4 is 5.73 Å². The number of hydrogen-bond acceptors (Lipinski definition) is 4. The topological polar surface area (TPSA) is 83.6 Å². The molecule has 0 bridgehead atoms. The molecule has 0 amide bonds. The number of carbonyl (C=O) groups is 1. The Balaban J connectivity index is 3.89. The van der Waals surface area contributed by atoms with Gasteiger partial charge in [-0.25, -0.2) is 0 Å². The van der Waals surface area contributed by atoms with E-state index in [2.05, 4.69) is 0 Å². The van der Waals surface area contributed by atoms with Gasteiger partial charge in [0.2, 0.25) is 0 Å². The molecule has 0 saturated carbocycles. The molecule has 2 unspecified atom stereocenters. The van der Waals surface area contributed by atoms with Crippen LogP contribution in [0.1, 0.15) is 20.3 Å². The van der Waals surface area contributed by atoms with Crippen LogP contribution in [0, 0.1) is 0 Å². The molecule has 0 saturated heterocycles. The fraction of sp³-hybridized carbons (Fsp3) is 0.875. The lowest BCUT2D eigenvalue weighted by Crippen LogP contribution is -2.46. The van der Waals surface area contributed by atoms with Gasteiger partial charge in [-0.1, -0.05) is 6.92 Å². The number of rotatable bonds is 6. The Morgan fingerprint density at radius 3 is 2.62 bits per heavy atom. The lowest BCUT2D eigenvalue weighted by molar-refractivity contribution is -0.142. The van der Waals surface area contributed by atoms with Crippen LogP contribution in [-0.4, -0.2) is 39.3 Å². The van der Waals surface area contributed by atoms with Gasteiger partial charge in [0.05, 0.1) is 6.61 Å². The average molecular weight is 207 g/mol. The standard InChI is InChI=1S/C8H17NO3S/c1-6(13-4-3-10)5-8(2,9)7(11)12/h6,10H,3-5,9H2,1-2H3,(H,11,12). The highest BCUT2D eigenvalue weighted by Gasteiger charge is 2.29. The van der Waals surface area contributed by atoms with Crippen LogP contribution in [0.3, 0.4) is 0 Å². The first-order valence-corrected chi connectivity index (χ1v) is 5.19. The van der Waals surface area contributed by atoms with Crippen LogP contribution in [0.2, 0.25) is 0 Å². The molecule has 4 nitrogen and oxygen atoms in total. The third-order valence-electron chi connectivity index (χ3n) is 1.69. The van der Waals surface area contributed by atoms with Gasteiger partial charge >= 0.3 is 5.97 Å². The molecule has 0 aromatic heterocycles. The molecule has 0 rings (SSSR count). The van der Waals surface area contributed by atoms with E-state index in [1.54, 1.807) is 0 Å². The normalized spacial score (nSPS) is 17.8. The first kappa shape index (κ1) is 12.7. The largest absolute Gasteiger partial charge is 0.480 e. The van der Waals surface area contributed by atoms with E-state index in [1.165, 1.54) is 18.7 Å². The van der Waals surface area contributed by atoms with Gasteiger partial charge in [0.15, 0.2) is 0 Å². The zero-order valence-corrected chi connectivity index (χ0v) is 8.80. The second kappa shape index (κ2) is 5.47. The van der Waals surface area contributed by atoms with Crippen molar-refractivity contribution in [2.45, 2.75) is 31.1 Å². The summed E-state index contributed by atoms with van der Waals surface area (Å²) in [6.07, 6.45) is 0.410. The van der Waals surface area contributed by atoms with Crippen LogP contribution in [0.4, 0.5) is 0 Å². The van der Waals surface area contributed by atoms with E-state index in [4.69, 9.17) is 15.9 Å². The fourth-order valence-corrected chi connectivity index (χ4v) is 1.97. The minimum atomic E-state index is -1.16. The Morgan fingerprint density at radius 2 is 2.23 bits per heavy atom. The number of aliphatic hydroxyl groups excluding tert-OH is 1. The van der Waals surface area contributed by atoms with Crippen molar-refractivity contribution in [2.75, 3.05) is 12.4 Å². The van der Waals surface area contributed by atoms with Crippen molar-refractivity contribution in [3.8, 4) is 0 Å². The molecule has 0 aromatic carbocycles. The SMILES string of the molecule is CC(CC(C)(N)C(=O)O)SCCO. The number of aliphatic carboxylic acids is 1. The molecule has 0 aliphatic rings. The highest BCUT2D eigenvalue weighted by Crippen LogP contribution is 2.19. The van der Waals surface area contributed by atoms with Gasteiger partial charge in [0, 0.05) is 11.0 Å². The van der Waals surface area contributed by atoms with Gasteiger partial charge in [-0.15, -0.1) is 0 Å². The minimum Gasteiger partial charge on any atom is -0.480 e. The number of thioether (sulfide) groups is 1. The van der Waals surface area contributed by atoms with Crippen molar-refractivity contribution < 1.29 is 15.0 Å². The molecule has 4 N–H and O–H groups in total. The van der Waals surface area contributed by atoms with Crippen molar-refractivity contribution in [1.29, 1.82) is 0 Å². The number of carboxylic acids is 1. The van der Waals surface area contributed by atoms with Crippen LogP contribution in [0.25, 0.3) is 0 Å².